The van der Waals surface area contributed by atoms with E-state index in [0.29, 0.717) is 12.0 Å². The fourth-order valence-electron chi connectivity index (χ4n) is 2.47. The Morgan fingerprint density at radius 1 is 1.17 bits per heavy atom. The van der Waals surface area contributed by atoms with Gasteiger partial charge in [-0.15, -0.1) is 0 Å². The molecule has 1 aromatic carbocycles. The van der Waals surface area contributed by atoms with Gasteiger partial charge in [0.1, 0.15) is 0 Å². The lowest BCUT2D eigenvalue weighted by molar-refractivity contribution is -0.142. The average molecular weight is 315 g/mol. The zero-order chi connectivity index (χ0) is 16.8. The van der Waals surface area contributed by atoms with Gasteiger partial charge in [-0.3, -0.25) is 9.59 Å². The van der Waals surface area contributed by atoms with Gasteiger partial charge in [0, 0.05) is 12.1 Å². The first kappa shape index (κ1) is 16.8. The highest BCUT2D eigenvalue weighted by molar-refractivity contribution is 5.98. The fraction of sp³-hybridized carbons (Fsp3) is 0.333. The van der Waals surface area contributed by atoms with E-state index in [1.807, 2.05) is 44.2 Å². The van der Waals surface area contributed by atoms with Crippen LogP contribution < -0.4 is 5.32 Å². The summed E-state index contributed by atoms with van der Waals surface area (Å²) in [6, 6.07) is 11.2. The SMILES string of the molecule is CC(C)CC(CNC(=O)c1occc1-c1ccccc1)C(=O)O. The molecular formula is C18H21NO4. The molecule has 1 unspecified atom stereocenters. The maximum absolute atomic E-state index is 12.3. The minimum Gasteiger partial charge on any atom is -0.481 e. The summed E-state index contributed by atoms with van der Waals surface area (Å²) in [5.41, 5.74) is 1.57. The van der Waals surface area contributed by atoms with Crippen molar-refractivity contribution in [1.29, 1.82) is 0 Å². The van der Waals surface area contributed by atoms with E-state index in [1.54, 1.807) is 6.07 Å². The van der Waals surface area contributed by atoms with Crippen LogP contribution in [0.5, 0.6) is 0 Å². The number of benzene rings is 1. The molecule has 0 fully saturated rings. The normalized spacial score (nSPS) is 12.1. The highest BCUT2D eigenvalue weighted by atomic mass is 16.4. The van der Waals surface area contributed by atoms with Crippen molar-refractivity contribution < 1.29 is 19.1 Å². The van der Waals surface area contributed by atoms with Crippen LogP contribution in [0.2, 0.25) is 0 Å². The number of nitrogens with one attached hydrogen (secondary N) is 1. The van der Waals surface area contributed by atoms with E-state index >= 15 is 0 Å². The van der Waals surface area contributed by atoms with Crippen molar-refractivity contribution in [2.24, 2.45) is 11.8 Å². The quantitative estimate of drug-likeness (QED) is 0.820. The molecule has 0 aliphatic heterocycles. The van der Waals surface area contributed by atoms with E-state index in [9.17, 15) is 14.7 Å². The van der Waals surface area contributed by atoms with E-state index in [-0.39, 0.29) is 18.2 Å². The summed E-state index contributed by atoms with van der Waals surface area (Å²) in [5.74, 6) is -1.46. The number of rotatable bonds is 7. The Morgan fingerprint density at radius 3 is 2.48 bits per heavy atom. The van der Waals surface area contributed by atoms with Gasteiger partial charge in [-0.1, -0.05) is 44.2 Å². The summed E-state index contributed by atoms with van der Waals surface area (Å²) >= 11 is 0. The van der Waals surface area contributed by atoms with Crippen molar-refractivity contribution >= 4 is 11.9 Å². The van der Waals surface area contributed by atoms with Gasteiger partial charge < -0.3 is 14.8 Å². The standard InChI is InChI=1S/C18H21NO4/c1-12(2)10-14(18(21)22)11-19-17(20)16-15(8-9-23-16)13-6-4-3-5-7-13/h3-9,12,14H,10-11H2,1-2H3,(H,19,20)(H,21,22). The Bertz CT molecular complexity index is 661. The first-order chi connectivity index (χ1) is 11.0. The van der Waals surface area contributed by atoms with Crippen molar-refractivity contribution in [3.63, 3.8) is 0 Å². The van der Waals surface area contributed by atoms with Crippen molar-refractivity contribution in [3.05, 3.63) is 48.4 Å². The van der Waals surface area contributed by atoms with E-state index in [0.717, 1.165) is 5.56 Å². The maximum Gasteiger partial charge on any atom is 0.308 e. The third-order valence-electron chi connectivity index (χ3n) is 3.57. The molecule has 2 rings (SSSR count). The Morgan fingerprint density at radius 2 is 1.87 bits per heavy atom. The van der Waals surface area contributed by atoms with E-state index < -0.39 is 17.8 Å². The lowest BCUT2D eigenvalue weighted by atomic mass is 9.97. The molecule has 0 aliphatic carbocycles. The van der Waals surface area contributed by atoms with Crippen molar-refractivity contribution in [2.75, 3.05) is 6.54 Å². The first-order valence-electron chi connectivity index (χ1n) is 7.63. The number of furan rings is 1. The lowest BCUT2D eigenvalue weighted by Crippen LogP contribution is -2.33. The van der Waals surface area contributed by atoms with Crippen LogP contribution >= 0.6 is 0 Å². The number of carbonyl (C=O) groups is 2. The summed E-state index contributed by atoms with van der Waals surface area (Å²) < 4.78 is 5.30. The van der Waals surface area contributed by atoms with Crippen molar-refractivity contribution in [3.8, 4) is 11.1 Å². The summed E-state index contributed by atoms with van der Waals surface area (Å²) in [6.45, 7) is 4.00. The summed E-state index contributed by atoms with van der Waals surface area (Å²) in [7, 11) is 0. The van der Waals surface area contributed by atoms with Crippen LogP contribution in [0.4, 0.5) is 0 Å². The summed E-state index contributed by atoms with van der Waals surface area (Å²) in [4.78, 5) is 23.6. The van der Waals surface area contributed by atoms with E-state index in [1.165, 1.54) is 6.26 Å². The van der Waals surface area contributed by atoms with E-state index in [2.05, 4.69) is 5.32 Å². The number of aliphatic carboxylic acids is 1. The highest BCUT2D eigenvalue weighted by Gasteiger charge is 2.22. The van der Waals surface area contributed by atoms with E-state index in [4.69, 9.17) is 4.42 Å². The molecule has 122 valence electrons. The second-order valence-corrected chi connectivity index (χ2v) is 5.90. The van der Waals surface area contributed by atoms with Crippen molar-refractivity contribution in [2.45, 2.75) is 20.3 Å². The fourth-order valence-corrected chi connectivity index (χ4v) is 2.47. The molecule has 0 radical (unpaired) electrons. The van der Waals surface area contributed by atoms with Gasteiger partial charge in [0.25, 0.3) is 5.91 Å². The maximum atomic E-state index is 12.3. The Hall–Kier alpha value is -2.56. The van der Waals surface area contributed by atoms with Gasteiger partial charge in [-0.05, 0) is 24.0 Å². The second-order valence-electron chi connectivity index (χ2n) is 5.90. The smallest absolute Gasteiger partial charge is 0.308 e. The largest absolute Gasteiger partial charge is 0.481 e. The molecule has 0 saturated carbocycles. The van der Waals surface area contributed by atoms with Crippen LogP contribution in [0.15, 0.2) is 47.1 Å². The molecule has 2 N–H and O–H groups in total. The van der Waals surface area contributed by atoms with Gasteiger partial charge in [0.2, 0.25) is 0 Å². The van der Waals surface area contributed by atoms with Crippen molar-refractivity contribution in [1.82, 2.24) is 5.32 Å². The Labute approximate surface area is 135 Å². The minimum atomic E-state index is -0.901. The van der Waals surface area contributed by atoms with Gasteiger partial charge in [0.05, 0.1) is 12.2 Å². The molecule has 1 aromatic heterocycles. The number of hydrogen-bond donors (Lipinski definition) is 2. The van der Waals surface area contributed by atoms with Gasteiger partial charge >= 0.3 is 5.97 Å². The lowest BCUT2D eigenvalue weighted by Gasteiger charge is -2.15. The summed E-state index contributed by atoms with van der Waals surface area (Å²) in [5, 5.41) is 11.9. The second kappa shape index (κ2) is 7.63. The predicted molar refractivity (Wildman–Crippen MR) is 87.1 cm³/mol. The number of carboxylic acid groups (broad SMARTS) is 1. The van der Waals surface area contributed by atoms with Crippen LogP contribution in [0.1, 0.15) is 30.8 Å². The molecular weight excluding hydrogens is 294 g/mol. The molecule has 23 heavy (non-hydrogen) atoms. The zero-order valence-corrected chi connectivity index (χ0v) is 13.3. The molecule has 0 bridgehead atoms. The van der Waals surface area contributed by atoms with Gasteiger partial charge in [-0.25, -0.2) is 0 Å². The zero-order valence-electron chi connectivity index (χ0n) is 13.3. The molecule has 5 heteroatoms. The third-order valence-corrected chi connectivity index (χ3v) is 3.57. The molecule has 2 aromatic rings. The van der Waals surface area contributed by atoms with Crippen LogP contribution in [0.25, 0.3) is 11.1 Å². The van der Waals surface area contributed by atoms with Crippen LogP contribution in [-0.2, 0) is 4.79 Å². The minimum absolute atomic E-state index is 0.0846. The molecule has 0 saturated heterocycles. The topological polar surface area (TPSA) is 79.5 Å². The van der Waals surface area contributed by atoms with Gasteiger partial charge in [0.15, 0.2) is 5.76 Å². The third kappa shape index (κ3) is 4.45. The van der Waals surface area contributed by atoms with Crippen LogP contribution in [-0.4, -0.2) is 23.5 Å². The molecule has 5 nitrogen and oxygen atoms in total. The molecule has 0 aliphatic rings. The number of hydrogen-bond acceptors (Lipinski definition) is 3. The molecule has 1 amide bonds. The van der Waals surface area contributed by atoms with Crippen LogP contribution in [0.3, 0.4) is 0 Å². The Kier molecular flexibility index (Phi) is 5.57. The highest BCUT2D eigenvalue weighted by Crippen LogP contribution is 2.24. The number of carbonyl (C=O) groups excluding carboxylic acids is 1. The average Bonchev–Trinajstić information content (AvgIpc) is 3.01. The number of amides is 1. The first-order valence-corrected chi connectivity index (χ1v) is 7.63. The molecule has 0 spiro atoms. The molecule has 1 atom stereocenters. The van der Waals surface area contributed by atoms with Crippen LogP contribution in [0, 0.1) is 11.8 Å². The monoisotopic (exact) mass is 315 g/mol. The molecule has 1 heterocycles. The number of carboxylic acids is 1. The predicted octanol–water partition coefficient (Wildman–Crippen LogP) is 3.42. The van der Waals surface area contributed by atoms with Gasteiger partial charge in [-0.2, -0.15) is 0 Å². The Balaban J connectivity index is 2.07. The summed E-state index contributed by atoms with van der Waals surface area (Å²) in [6.07, 6.45) is 1.97.